The van der Waals surface area contributed by atoms with E-state index in [9.17, 15) is 96.6 Å². The van der Waals surface area contributed by atoms with Crippen LogP contribution in [0.15, 0.2) is 0 Å². The van der Waals surface area contributed by atoms with Gasteiger partial charge in [-0.3, -0.25) is 14.9 Å². The molecule has 17 unspecified atom stereocenters. The van der Waals surface area contributed by atoms with Crippen LogP contribution in [0.1, 0.15) is 39.5 Å². The lowest BCUT2D eigenvalue weighted by Crippen LogP contribution is -2.70. The number of carbonyl (C=O) groups is 1. The van der Waals surface area contributed by atoms with E-state index in [1.807, 2.05) is 0 Å². The van der Waals surface area contributed by atoms with Crippen LogP contribution in [-0.2, 0) is 61.6 Å². The van der Waals surface area contributed by atoms with Gasteiger partial charge in [0.25, 0.3) is 0 Å². The van der Waals surface area contributed by atoms with Gasteiger partial charge >= 0.3 is 0 Å². The van der Waals surface area contributed by atoms with Crippen LogP contribution in [0.25, 0.3) is 0 Å². The Morgan fingerprint density at radius 2 is 1.09 bits per heavy atom. The Bertz CT molecular complexity index is 1860. The van der Waals surface area contributed by atoms with Gasteiger partial charge in [-0.1, -0.05) is 0 Å². The maximum Gasteiger partial charge on any atom is 0.234 e. The number of nitro groups is 1. The second-order valence-electron chi connectivity index (χ2n) is 20.1. The molecule has 0 aromatic carbocycles. The van der Waals surface area contributed by atoms with Gasteiger partial charge in [-0.05, 0) is 32.7 Å². The second kappa shape index (κ2) is 28.8. The molecule has 6 rings (SSSR count). The van der Waals surface area contributed by atoms with E-state index in [-0.39, 0.29) is 6.61 Å². The average Bonchev–Trinajstić information content (AvgIpc) is 3.45. The lowest BCUT2D eigenvalue weighted by molar-refractivity contribution is -0.515. The molecule has 6 heterocycles. The molecular formula is C44H77N3O31. The fraction of sp³-hybridized carbons (Fsp3) is 0.977. The fourth-order valence-electron chi connectivity index (χ4n) is 9.99. The van der Waals surface area contributed by atoms with Crippen LogP contribution < -0.4 is 11.1 Å². The Kier molecular flexibility index (Phi) is 24.0. The van der Waals surface area contributed by atoms with Gasteiger partial charge in [0.05, 0.1) is 45.2 Å². The van der Waals surface area contributed by atoms with Gasteiger partial charge in [-0.2, -0.15) is 0 Å². The third-order valence-electron chi connectivity index (χ3n) is 14.3. The minimum absolute atomic E-state index is 0.0198. The van der Waals surface area contributed by atoms with E-state index in [1.54, 1.807) is 0 Å². The van der Waals surface area contributed by atoms with Crippen molar-refractivity contribution in [1.82, 2.24) is 5.32 Å². The SMILES string of the molecule is CC(=O)NC1C(O[C@@H]2OC(CO)[C@H](O)C(O)[C@@H]2O[C@@H]2OC(C)[C@@H](O)C(O)C2O)[C@@H](O)C(CO)O[C@H]1OC1C(O)[C@@H](O[C@H]2C(CO)O[C@@H](OCC3(C[N+](=O)[O-])CC(O)C(O)[C@H](OCCCCCN)O3)C(O)C2O)OC(CO)[C@@H]1O. The van der Waals surface area contributed by atoms with Crippen molar-refractivity contribution in [3.63, 3.8) is 0 Å². The Hall–Kier alpha value is -2.29. The quantitative estimate of drug-likeness (QED) is 0.0242. The van der Waals surface area contributed by atoms with E-state index in [1.165, 1.54) is 6.92 Å². The molecule has 34 heteroatoms. The topological polar surface area (TPSA) is 533 Å². The summed E-state index contributed by atoms with van der Waals surface area (Å²) in [5.41, 5.74) is 3.50. The van der Waals surface area contributed by atoms with Crippen molar-refractivity contribution in [2.45, 2.75) is 217 Å². The molecular weight excluding hydrogens is 1070 g/mol. The molecule has 6 aliphatic rings. The Morgan fingerprint density at radius 3 is 1.71 bits per heavy atom. The van der Waals surface area contributed by atoms with Crippen LogP contribution in [0.3, 0.4) is 0 Å². The molecule has 0 spiro atoms. The predicted molar refractivity (Wildman–Crippen MR) is 245 cm³/mol. The van der Waals surface area contributed by atoms with Crippen molar-refractivity contribution in [1.29, 1.82) is 0 Å². The van der Waals surface area contributed by atoms with E-state index >= 15 is 0 Å². The maximum atomic E-state index is 12.8. The number of hydrogen-bond donors (Lipinski definition) is 18. The minimum Gasteiger partial charge on any atom is -0.394 e. The predicted octanol–water partition coefficient (Wildman–Crippen LogP) is -11.1. The van der Waals surface area contributed by atoms with Gasteiger partial charge in [-0.25, -0.2) is 0 Å². The number of amides is 1. The molecule has 0 radical (unpaired) electrons. The summed E-state index contributed by atoms with van der Waals surface area (Å²) >= 11 is 0. The zero-order chi connectivity index (χ0) is 57.5. The van der Waals surface area contributed by atoms with E-state index < -0.39 is 234 Å². The van der Waals surface area contributed by atoms with Crippen LogP contribution in [0, 0.1) is 10.1 Å². The molecule has 0 bridgehead atoms. The highest BCUT2D eigenvalue weighted by Gasteiger charge is 2.58. The molecule has 0 saturated carbocycles. The number of nitrogens with one attached hydrogen (secondary N) is 1. The third-order valence-corrected chi connectivity index (χ3v) is 14.3. The molecule has 1 amide bonds. The highest BCUT2D eigenvalue weighted by atomic mass is 16.8. The summed E-state index contributed by atoms with van der Waals surface area (Å²) in [7, 11) is 0. The van der Waals surface area contributed by atoms with Crippen LogP contribution in [0.5, 0.6) is 0 Å². The van der Waals surface area contributed by atoms with Crippen LogP contribution in [0.2, 0.25) is 0 Å². The maximum absolute atomic E-state index is 12.8. The monoisotopic (exact) mass is 1140 g/mol. The molecule has 34 nitrogen and oxygen atoms in total. The lowest BCUT2D eigenvalue weighted by Gasteiger charge is -2.51. The molecule has 6 saturated heterocycles. The van der Waals surface area contributed by atoms with E-state index in [2.05, 4.69) is 5.32 Å². The van der Waals surface area contributed by atoms with E-state index in [0.717, 1.165) is 6.92 Å². The number of aliphatic hydroxyl groups is 16. The smallest absolute Gasteiger partial charge is 0.234 e. The summed E-state index contributed by atoms with van der Waals surface area (Å²) in [6.07, 6.45) is -49.2. The third kappa shape index (κ3) is 14.9. The number of carbonyl (C=O) groups excluding carboxylic acids is 1. The molecule has 0 aliphatic carbocycles. The van der Waals surface area contributed by atoms with Gasteiger partial charge in [0.1, 0.15) is 122 Å². The summed E-state index contributed by atoms with van der Waals surface area (Å²) in [4.78, 5) is 23.9. The number of rotatable bonds is 24. The van der Waals surface area contributed by atoms with Gasteiger partial charge in [0, 0.05) is 24.9 Å². The van der Waals surface area contributed by atoms with Gasteiger partial charge in [0.2, 0.25) is 12.5 Å². The van der Waals surface area contributed by atoms with Crippen molar-refractivity contribution in [2.24, 2.45) is 5.73 Å². The number of unbranched alkanes of at least 4 members (excludes halogenated alkanes) is 2. The van der Waals surface area contributed by atoms with Crippen LogP contribution >= 0.6 is 0 Å². The zero-order valence-corrected chi connectivity index (χ0v) is 42.5. The summed E-state index contributed by atoms with van der Waals surface area (Å²) < 4.78 is 69.3. The zero-order valence-electron chi connectivity index (χ0n) is 42.5. The highest BCUT2D eigenvalue weighted by Crippen LogP contribution is 2.38. The number of aliphatic hydroxyl groups excluding tert-OH is 16. The van der Waals surface area contributed by atoms with E-state index in [4.69, 9.17) is 62.6 Å². The summed E-state index contributed by atoms with van der Waals surface area (Å²) in [6.45, 7) is -3.12. The molecule has 0 aromatic heterocycles. The Labute approximate surface area is 444 Å². The summed E-state index contributed by atoms with van der Waals surface area (Å²) in [5, 5.41) is 188. The van der Waals surface area contributed by atoms with Crippen molar-refractivity contribution in [3.05, 3.63) is 10.1 Å². The molecule has 6 fully saturated rings. The Morgan fingerprint density at radius 1 is 0.564 bits per heavy atom. The van der Waals surface area contributed by atoms with Gasteiger partial charge < -0.3 is 150 Å². The standard InChI is InChI=1S/C44H77N3O31/c1-15-23(54)28(59)31(62)41(69-15)77-37-29(60)25(56)18(9-48)72-43(37)75-35-22(46-16(2)52)38(70-19(10-49)26(35)57)76-36-27(58)20(11-50)71-42(33(36)64)74-34-21(12-51)73-39(32(63)30(34)61)68-14-44(13-47(65)66)8-17(53)24(55)40(78-44)67-7-5-3-4-6-45/h15,17-43,48-51,53-64H,3-14,45H2,1-2H3,(H,46,52)/t15?,17?,18?,19?,20?,21?,22?,23-,24?,25+,26+,27+,28?,29?,30?,31?,32?,33?,34+,35?,36?,37+,38+,39-,40-,41+,42-,43+,44?/m1/s1. The lowest BCUT2D eigenvalue weighted by atomic mass is 9.90. The molecule has 6 aliphatic heterocycles. The molecule has 78 heavy (non-hydrogen) atoms. The van der Waals surface area contributed by atoms with Gasteiger partial charge in [-0.15, -0.1) is 0 Å². The van der Waals surface area contributed by atoms with Gasteiger partial charge in [0.15, 0.2) is 43.3 Å². The van der Waals surface area contributed by atoms with Crippen LogP contribution in [0.4, 0.5) is 0 Å². The van der Waals surface area contributed by atoms with Crippen molar-refractivity contribution >= 4 is 5.91 Å². The highest BCUT2D eigenvalue weighted by molar-refractivity contribution is 5.73. The molecule has 0 aromatic rings. The van der Waals surface area contributed by atoms with Crippen LogP contribution in [-0.4, -0.2) is 323 Å². The molecule has 454 valence electrons. The number of hydrogen-bond acceptors (Lipinski definition) is 32. The number of nitrogens with two attached hydrogens (primary N) is 1. The van der Waals surface area contributed by atoms with Crippen molar-refractivity contribution in [2.75, 3.05) is 52.7 Å². The molecule has 29 atom stereocenters. The summed E-state index contributed by atoms with van der Waals surface area (Å²) in [5.74, 6) is -0.870. The first kappa shape index (κ1) is 64.9. The first-order valence-corrected chi connectivity index (χ1v) is 25.4. The molecule has 19 N–H and O–H groups in total. The van der Waals surface area contributed by atoms with E-state index in [0.29, 0.717) is 25.8 Å². The second-order valence-corrected chi connectivity index (χ2v) is 20.1. The van der Waals surface area contributed by atoms with Crippen molar-refractivity contribution in [3.8, 4) is 0 Å². The normalized spacial score (nSPS) is 47.4. The number of ether oxygens (including phenoxy) is 12. The van der Waals surface area contributed by atoms with Crippen molar-refractivity contribution < 1.29 is 148 Å². The first-order chi connectivity index (χ1) is 36.9. The number of nitrogens with zero attached hydrogens (tertiary/aromatic N) is 1. The summed E-state index contributed by atoms with van der Waals surface area (Å²) in [6, 6.07) is -1.80. The fourth-order valence-corrected chi connectivity index (χ4v) is 9.99. The Balaban J connectivity index is 1.20. The average molecular weight is 1140 g/mol. The largest absolute Gasteiger partial charge is 0.394 e. The first-order valence-electron chi connectivity index (χ1n) is 25.4. The minimum atomic E-state index is -2.23.